The van der Waals surface area contributed by atoms with Gasteiger partial charge in [-0.2, -0.15) is 0 Å². The molecule has 240 valence electrons. The third-order valence-corrected chi connectivity index (χ3v) is 8.81. The maximum atomic E-state index is 14.1. The molecular formula is C30H45N9O5. The first kappa shape index (κ1) is 31.6. The summed E-state index contributed by atoms with van der Waals surface area (Å²) in [6.45, 7) is 9.58. The Hall–Kier alpha value is -3.81. The molecule has 44 heavy (non-hydrogen) atoms. The summed E-state index contributed by atoms with van der Waals surface area (Å²) in [6.07, 6.45) is 4.16. The molecule has 3 aliphatic heterocycles. The van der Waals surface area contributed by atoms with Crippen LogP contribution in [-0.4, -0.2) is 104 Å². The first-order valence-electron chi connectivity index (χ1n) is 15.4. The van der Waals surface area contributed by atoms with Gasteiger partial charge in [0.25, 0.3) is 5.91 Å². The number of piperidine rings is 2. The Morgan fingerprint density at radius 1 is 1.16 bits per heavy atom. The number of likely N-dealkylation sites (tertiary alicyclic amines) is 1. The highest BCUT2D eigenvalue weighted by molar-refractivity contribution is 5.97. The summed E-state index contributed by atoms with van der Waals surface area (Å²) >= 11 is 0. The monoisotopic (exact) mass is 611 g/mol. The second-order valence-electron chi connectivity index (χ2n) is 14.0. The van der Waals surface area contributed by atoms with Crippen LogP contribution in [0.1, 0.15) is 92.8 Å². The number of aromatic nitrogens is 4. The first-order chi connectivity index (χ1) is 20.7. The van der Waals surface area contributed by atoms with Crippen molar-refractivity contribution in [3.63, 3.8) is 0 Å². The van der Waals surface area contributed by atoms with Gasteiger partial charge in [-0.25, -0.2) is 4.68 Å². The molecule has 5 heterocycles. The molecule has 14 nitrogen and oxygen atoms in total. The Morgan fingerprint density at radius 3 is 2.57 bits per heavy atom. The molecule has 1 spiro atoms. The molecule has 5 rings (SSSR count). The quantitative estimate of drug-likeness (QED) is 0.521. The fraction of sp³-hybridized carbons (Fsp3) is 0.700. The van der Waals surface area contributed by atoms with Crippen LogP contribution in [0.5, 0.6) is 0 Å². The Bertz CT molecular complexity index is 1400. The van der Waals surface area contributed by atoms with Crippen molar-refractivity contribution in [1.29, 1.82) is 0 Å². The second kappa shape index (κ2) is 12.3. The molecule has 0 aromatic carbocycles. The summed E-state index contributed by atoms with van der Waals surface area (Å²) in [4.78, 5) is 59.9. The number of aryl methyl sites for hydroxylation is 1. The Morgan fingerprint density at radius 2 is 1.89 bits per heavy atom. The smallest absolute Gasteiger partial charge is 0.257 e. The Kier molecular flexibility index (Phi) is 8.83. The minimum Gasteiger partial charge on any atom is -0.358 e. The van der Waals surface area contributed by atoms with Crippen LogP contribution < -0.4 is 10.6 Å². The molecule has 2 aromatic rings. The standard InChI is InChI=1S/C30H45N9O5/c1-19-26-23(44-34-19)16-31-27(42)22-13-21(39-18-20(33-35-39)17-36(5)6)7-10-38(22)25(41)15-30(32-28(26)43)8-11-37(12-9-30)24(40)14-29(2,3)4/h18,21-22H,7-17H2,1-6H3,(H,31,42)(H,32,43)/t21-,22-/m0/s1. The largest absolute Gasteiger partial charge is 0.358 e. The molecule has 0 unspecified atom stereocenters. The topological polar surface area (TPSA) is 159 Å². The van der Waals surface area contributed by atoms with Gasteiger partial charge in [0.05, 0.1) is 42.1 Å². The van der Waals surface area contributed by atoms with Gasteiger partial charge in [-0.05, 0) is 52.1 Å². The van der Waals surface area contributed by atoms with E-state index in [2.05, 4.69) is 26.1 Å². The number of fused-ring (bicyclic) bond motifs is 2. The van der Waals surface area contributed by atoms with Gasteiger partial charge in [0.2, 0.25) is 17.7 Å². The minimum absolute atomic E-state index is 0.0183. The number of rotatable bonds is 4. The van der Waals surface area contributed by atoms with Crippen molar-refractivity contribution in [1.82, 2.24) is 45.5 Å². The van der Waals surface area contributed by atoms with Gasteiger partial charge in [-0.1, -0.05) is 31.1 Å². The van der Waals surface area contributed by atoms with Crippen LogP contribution in [0.25, 0.3) is 0 Å². The zero-order valence-electron chi connectivity index (χ0n) is 26.7. The lowest BCUT2D eigenvalue weighted by atomic mass is 9.82. The van der Waals surface area contributed by atoms with Crippen LogP contribution in [0.4, 0.5) is 0 Å². The highest BCUT2D eigenvalue weighted by Crippen LogP contribution is 2.33. The van der Waals surface area contributed by atoms with Crippen LogP contribution in [-0.2, 0) is 27.5 Å². The van der Waals surface area contributed by atoms with Crippen LogP contribution in [0, 0.1) is 12.3 Å². The van der Waals surface area contributed by atoms with E-state index in [1.54, 1.807) is 16.5 Å². The van der Waals surface area contributed by atoms with Crippen molar-refractivity contribution < 1.29 is 23.7 Å². The molecule has 4 amide bonds. The van der Waals surface area contributed by atoms with Gasteiger partial charge in [-0.3, -0.25) is 19.2 Å². The Labute approximate surface area is 257 Å². The fourth-order valence-corrected chi connectivity index (χ4v) is 6.53. The summed E-state index contributed by atoms with van der Waals surface area (Å²) in [5.41, 5.74) is 0.459. The van der Waals surface area contributed by atoms with E-state index in [4.69, 9.17) is 4.52 Å². The first-order valence-corrected chi connectivity index (χ1v) is 15.4. The molecular weight excluding hydrogens is 566 g/mol. The Balaban J connectivity index is 1.41. The molecule has 14 heteroatoms. The second-order valence-corrected chi connectivity index (χ2v) is 14.0. The zero-order valence-corrected chi connectivity index (χ0v) is 26.7. The van der Waals surface area contributed by atoms with Crippen LogP contribution in [0.2, 0.25) is 0 Å². The fourth-order valence-electron chi connectivity index (χ4n) is 6.53. The van der Waals surface area contributed by atoms with Crippen LogP contribution in [0.3, 0.4) is 0 Å². The predicted octanol–water partition coefficient (Wildman–Crippen LogP) is 1.42. The van der Waals surface area contributed by atoms with Crippen molar-refractivity contribution in [2.75, 3.05) is 33.7 Å². The van der Waals surface area contributed by atoms with E-state index < -0.39 is 17.5 Å². The van der Waals surface area contributed by atoms with Gasteiger partial charge in [0.1, 0.15) is 11.6 Å². The van der Waals surface area contributed by atoms with E-state index in [-0.39, 0.29) is 53.5 Å². The lowest BCUT2D eigenvalue weighted by molar-refractivity contribution is -0.145. The molecule has 2 saturated heterocycles. The van der Waals surface area contributed by atoms with E-state index in [0.717, 1.165) is 5.69 Å². The lowest BCUT2D eigenvalue weighted by Gasteiger charge is -2.45. The van der Waals surface area contributed by atoms with Crippen molar-refractivity contribution in [2.24, 2.45) is 5.41 Å². The van der Waals surface area contributed by atoms with Crippen molar-refractivity contribution in [3.05, 3.63) is 28.9 Å². The molecule has 2 aromatic heterocycles. The molecule has 0 saturated carbocycles. The number of hydrogen-bond acceptors (Lipinski definition) is 9. The number of amides is 4. The SMILES string of the molecule is Cc1noc2c1C(=O)NC1(CCN(C(=O)CC(C)(C)C)CC1)CC(=O)N1CC[C@H](n3cc(CN(C)C)nn3)C[C@H]1C(=O)NC2. The number of nitrogens with zero attached hydrogens (tertiary/aromatic N) is 7. The van der Waals surface area contributed by atoms with Crippen molar-refractivity contribution in [2.45, 2.75) is 96.9 Å². The van der Waals surface area contributed by atoms with E-state index in [1.807, 2.05) is 50.9 Å². The molecule has 2 N–H and O–H groups in total. The predicted molar refractivity (Wildman–Crippen MR) is 159 cm³/mol. The summed E-state index contributed by atoms with van der Waals surface area (Å²) in [5.74, 6) is -0.596. The highest BCUT2D eigenvalue weighted by Gasteiger charge is 2.45. The minimum atomic E-state index is -0.891. The highest BCUT2D eigenvalue weighted by atomic mass is 16.5. The summed E-state index contributed by atoms with van der Waals surface area (Å²) < 4.78 is 7.28. The van der Waals surface area contributed by atoms with E-state index in [1.165, 1.54) is 0 Å². The maximum Gasteiger partial charge on any atom is 0.257 e. The summed E-state index contributed by atoms with van der Waals surface area (Å²) in [7, 11) is 3.92. The molecule has 0 aliphatic carbocycles. The number of hydrogen-bond donors (Lipinski definition) is 2. The van der Waals surface area contributed by atoms with Crippen molar-refractivity contribution >= 4 is 23.6 Å². The lowest BCUT2D eigenvalue weighted by Crippen LogP contribution is -2.60. The van der Waals surface area contributed by atoms with Crippen LogP contribution >= 0.6 is 0 Å². The molecule has 2 fully saturated rings. The molecule has 2 atom stereocenters. The van der Waals surface area contributed by atoms with Gasteiger partial charge < -0.3 is 29.9 Å². The zero-order chi connectivity index (χ0) is 31.8. The average molecular weight is 612 g/mol. The van der Waals surface area contributed by atoms with Gasteiger partial charge in [-0.15, -0.1) is 5.10 Å². The van der Waals surface area contributed by atoms with E-state index in [9.17, 15) is 19.2 Å². The number of nitrogens with one attached hydrogen (secondary N) is 2. The molecule has 0 radical (unpaired) electrons. The van der Waals surface area contributed by atoms with Crippen molar-refractivity contribution in [3.8, 4) is 0 Å². The average Bonchev–Trinajstić information content (AvgIpc) is 3.56. The molecule has 0 bridgehead atoms. The normalized spacial score (nSPS) is 23.0. The van der Waals surface area contributed by atoms with E-state index in [0.29, 0.717) is 64.0 Å². The van der Waals surface area contributed by atoms with Crippen LogP contribution in [0.15, 0.2) is 10.7 Å². The summed E-state index contributed by atoms with van der Waals surface area (Å²) in [5, 5.41) is 18.7. The molecule has 3 aliphatic rings. The number of carbonyl (C=O) groups is 4. The number of carbonyl (C=O) groups excluding carboxylic acids is 4. The van der Waals surface area contributed by atoms with Gasteiger partial charge in [0, 0.05) is 32.6 Å². The van der Waals surface area contributed by atoms with E-state index >= 15 is 0 Å². The maximum absolute atomic E-state index is 14.1. The third kappa shape index (κ3) is 6.95. The summed E-state index contributed by atoms with van der Waals surface area (Å²) in [6, 6.07) is -0.851. The third-order valence-electron chi connectivity index (χ3n) is 8.81. The van der Waals surface area contributed by atoms with Gasteiger partial charge >= 0.3 is 0 Å². The van der Waals surface area contributed by atoms with Gasteiger partial charge in [0.15, 0.2) is 5.76 Å².